The minimum Gasteiger partial charge on any atom is -0.0654 e. The van der Waals surface area contributed by atoms with Gasteiger partial charge >= 0.3 is 0 Å². The fourth-order valence-electron chi connectivity index (χ4n) is 4.91. The molecule has 0 saturated heterocycles. The van der Waals surface area contributed by atoms with E-state index in [2.05, 4.69) is 27.7 Å². The van der Waals surface area contributed by atoms with Gasteiger partial charge < -0.3 is 0 Å². The summed E-state index contributed by atoms with van der Waals surface area (Å²) in [5.41, 5.74) is 0. The van der Waals surface area contributed by atoms with E-state index in [-0.39, 0.29) is 0 Å². The summed E-state index contributed by atoms with van der Waals surface area (Å²) in [5, 5.41) is 0. The van der Waals surface area contributed by atoms with Gasteiger partial charge in [0.2, 0.25) is 0 Å². The highest BCUT2D eigenvalue weighted by Gasteiger charge is 2.03. The fraction of sp³-hybridized carbons (Fsp3) is 1.00. The first-order valence-corrected chi connectivity index (χ1v) is 15.2. The third-order valence-corrected chi connectivity index (χ3v) is 7.64. The van der Waals surface area contributed by atoms with E-state index in [1.165, 1.54) is 161 Å². The molecular weight excluding hydrogens is 372 g/mol. The molecule has 0 N–H and O–H groups in total. The van der Waals surface area contributed by atoms with Crippen molar-refractivity contribution in [2.45, 2.75) is 188 Å². The molecule has 2 unspecified atom stereocenters. The molecule has 31 heavy (non-hydrogen) atoms. The highest BCUT2D eigenvalue weighted by molar-refractivity contribution is 4.57. The molecule has 0 radical (unpaired) electrons. The van der Waals surface area contributed by atoms with Crippen LogP contribution in [0, 0.1) is 11.8 Å². The molecule has 0 rings (SSSR count). The van der Waals surface area contributed by atoms with Gasteiger partial charge in [-0.25, -0.2) is 0 Å². The Morgan fingerprint density at radius 3 is 0.903 bits per heavy atom. The maximum absolute atomic E-state index is 2.49. The normalized spacial score (nSPS) is 13.5. The van der Waals surface area contributed by atoms with Gasteiger partial charge in [-0.1, -0.05) is 188 Å². The van der Waals surface area contributed by atoms with Crippen LogP contribution in [0.4, 0.5) is 0 Å². The highest BCUT2D eigenvalue weighted by atomic mass is 14.1. The van der Waals surface area contributed by atoms with Crippen molar-refractivity contribution in [3.63, 3.8) is 0 Å². The molecule has 0 fully saturated rings. The molecule has 0 spiro atoms. The van der Waals surface area contributed by atoms with Gasteiger partial charge in [0, 0.05) is 0 Å². The van der Waals surface area contributed by atoms with E-state index in [0.717, 1.165) is 11.8 Å². The summed E-state index contributed by atoms with van der Waals surface area (Å²) in [4.78, 5) is 0. The van der Waals surface area contributed by atoms with E-state index in [4.69, 9.17) is 0 Å². The van der Waals surface area contributed by atoms with Gasteiger partial charge in [-0.3, -0.25) is 0 Å². The van der Waals surface area contributed by atoms with Crippen molar-refractivity contribution in [2.24, 2.45) is 11.8 Å². The number of unbranched alkanes of at least 4 members (excludes halogenated alkanes) is 19. The molecule has 0 aliphatic heterocycles. The molecule has 0 heteroatoms. The second-order valence-corrected chi connectivity index (χ2v) is 11.1. The van der Waals surface area contributed by atoms with Crippen LogP contribution in [0.5, 0.6) is 0 Å². The molecule has 0 aromatic carbocycles. The Labute approximate surface area is 200 Å². The van der Waals surface area contributed by atoms with E-state index < -0.39 is 0 Å². The lowest BCUT2D eigenvalue weighted by atomic mass is 9.94. The van der Waals surface area contributed by atoms with Gasteiger partial charge in [0.05, 0.1) is 0 Å². The summed E-state index contributed by atoms with van der Waals surface area (Å²) in [5.74, 6) is 1.90. The van der Waals surface area contributed by atoms with E-state index in [0.29, 0.717) is 0 Å². The zero-order chi connectivity index (χ0) is 22.8. The fourth-order valence-corrected chi connectivity index (χ4v) is 4.91. The molecule has 0 nitrogen and oxygen atoms in total. The predicted molar refractivity (Wildman–Crippen MR) is 145 cm³/mol. The second-order valence-electron chi connectivity index (χ2n) is 11.1. The van der Waals surface area contributed by atoms with E-state index in [1.54, 1.807) is 0 Å². The number of hydrogen-bond acceptors (Lipinski definition) is 0. The SMILES string of the molecule is CCCCCCCCCCCCCCCCCCCCC(C)CCCCCC(C)CC. The van der Waals surface area contributed by atoms with E-state index in [9.17, 15) is 0 Å². The van der Waals surface area contributed by atoms with Crippen molar-refractivity contribution < 1.29 is 0 Å². The lowest BCUT2D eigenvalue weighted by Gasteiger charge is -2.12. The molecule has 0 aliphatic carbocycles. The average Bonchev–Trinajstić information content (AvgIpc) is 2.77. The Morgan fingerprint density at radius 2 is 0.581 bits per heavy atom. The Hall–Kier alpha value is 0. The quantitative estimate of drug-likeness (QED) is 0.118. The topological polar surface area (TPSA) is 0 Å². The van der Waals surface area contributed by atoms with E-state index in [1.807, 2.05) is 0 Å². The maximum atomic E-state index is 2.49. The van der Waals surface area contributed by atoms with Crippen LogP contribution in [0.1, 0.15) is 188 Å². The minimum atomic E-state index is 0.942. The second kappa shape index (κ2) is 26.3. The summed E-state index contributed by atoms with van der Waals surface area (Å²) < 4.78 is 0. The van der Waals surface area contributed by atoms with Gasteiger partial charge in [-0.2, -0.15) is 0 Å². The first-order valence-electron chi connectivity index (χ1n) is 15.2. The lowest BCUT2D eigenvalue weighted by molar-refractivity contribution is 0.418. The Morgan fingerprint density at radius 1 is 0.323 bits per heavy atom. The molecule has 2 atom stereocenters. The van der Waals surface area contributed by atoms with Crippen LogP contribution >= 0.6 is 0 Å². The molecule has 0 aromatic heterocycles. The summed E-state index contributed by atoms with van der Waals surface area (Å²) in [6.45, 7) is 9.52. The lowest BCUT2D eigenvalue weighted by Crippen LogP contribution is -1.96. The summed E-state index contributed by atoms with van der Waals surface area (Å²) in [6.07, 6.45) is 36.7. The molecule has 0 saturated carbocycles. The third-order valence-electron chi connectivity index (χ3n) is 7.64. The van der Waals surface area contributed by atoms with Crippen LogP contribution in [0.15, 0.2) is 0 Å². The van der Waals surface area contributed by atoms with Crippen molar-refractivity contribution in [3.8, 4) is 0 Å². The molecule has 0 bridgehead atoms. The summed E-state index contributed by atoms with van der Waals surface area (Å²) in [6, 6.07) is 0. The van der Waals surface area contributed by atoms with Crippen LogP contribution in [-0.2, 0) is 0 Å². The molecule has 0 heterocycles. The predicted octanol–water partition coefficient (Wildman–Crippen LogP) is 12.1. The summed E-state index contributed by atoms with van der Waals surface area (Å²) >= 11 is 0. The largest absolute Gasteiger partial charge is 0.0654 e. The van der Waals surface area contributed by atoms with Crippen molar-refractivity contribution in [1.82, 2.24) is 0 Å². The standard InChI is InChI=1S/C31H64/c1-5-7-8-9-10-11-12-13-14-15-16-17-18-19-20-21-22-24-28-31(4)29-26-23-25-27-30(3)6-2/h30-31H,5-29H2,1-4H3. The van der Waals surface area contributed by atoms with Crippen LogP contribution in [0.25, 0.3) is 0 Å². The average molecular weight is 437 g/mol. The molecule has 188 valence electrons. The highest BCUT2D eigenvalue weighted by Crippen LogP contribution is 2.20. The molecule has 0 aliphatic rings. The van der Waals surface area contributed by atoms with Gasteiger partial charge in [-0.05, 0) is 11.8 Å². The monoisotopic (exact) mass is 437 g/mol. The number of hydrogen-bond donors (Lipinski definition) is 0. The first kappa shape index (κ1) is 31.0. The van der Waals surface area contributed by atoms with Crippen molar-refractivity contribution in [1.29, 1.82) is 0 Å². The van der Waals surface area contributed by atoms with Gasteiger partial charge in [0.15, 0.2) is 0 Å². The molecule has 0 aromatic rings. The van der Waals surface area contributed by atoms with E-state index >= 15 is 0 Å². The first-order chi connectivity index (χ1) is 15.2. The van der Waals surface area contributed by atoms with Gasteiger partial charge in [0.25, 0.3) is 0 Å². The van der Waals surface area contributed by atoms with Crippen LogP contribution in [-0.4, -0.2) is 0 Å². The molecular formula is C31H64. The van der Waals surface area contributed by atoms with Crippen LogP contribution in [0.2, 0.25) is 0 Å². The van der Waals surface area contributed by atoms with Crippen LogP contribution < -0.4 is 0 Å². The molecule has 0 amide bonds. The van der Waals surface area contributed by atoms with Crippen molar-refractivity contribution in [3.05, 3.63) is 0 Å². The van der Waals surface area contributed by atoms with Crippen LogP contribution in [0.3, 0.4) is 0 Å². The zero-order valence-electron chi connectivity index (χ0n) is 22.8. The number of rotatable bonds is 26. The third kappa shape index (κ3) is 26.1. The van der Waals surface area contributed by atoms with Gasteiger partial charge in [0.1, 0.15) is 0 Å². The Kier molecular flexibility index (Phi) is 26.3. The van der Waals surface area contributed by atoms with Crippen molar-refractivity contribution in [2.75, 3.05) is 0 Å². The zero-order valence-corrected chi connectivity index (χ0v) is 22.8. The maximum Gasteiger partial charge on any atom is -0.0443 e. The Balaban J connectivity index is 3.13. The van der Waals surface area contributed by atoms with Gasteiger partial charge in [-0.15, -0.1) is 0 Å². The van der Waals surface area contributed by atoms with Crippen molar-refractivity contribution >= 4 is 0 Å². The Bertz CT molecular complexity index is 307. The summed E-state index contributed by atoms with van der Waals surface area (Å²) in [7, 11) is 0. The minimum absolute atomic E-state index is 0.942. The smallest absolute Gasteiger partial charge is 0.0443 e.